The van der Waals surface area contributed by atoms with E-state index in [1.165, 1.54) is 0 Å². The van der Waals surface area contributed by atoms with Crippen molar-refractivity contribution in [2.24, 2.45) is 11.1 Å². The molecule has 1 amide bonds. The smallest absolute Gasteiger partial charge is 0.233 e. The fraction of sp³-hybridized carbons (Fsp3) is 0.500. The van der Waals surface area contributed by atoms with Crippen molar-refractivity contribution >= 4 is 34.7 Å². The molecule has 1 atom stereocenters. The summed E-state index contributed by atoms with van der Waals surface area (Å²) in [6, 6.07) is 7.39. The molecule has 0 radical (unpaired) electrons. The van der Waals surface area contributed by atoms with Gasteiger partial charge in [-0.2, -0.15) is 0 Å². The number of nitrogens with one attached hydrogen (secondary N) is 1. The molecule has 2 rings (SSSR count). The van der Waals surface area contributed by atoms with Crippen molar-refractivity contribution in [3.63, 3.8) is 0 Å². The average Bonchev–Trinajstić information content (AvgIpc) is 2.48. The zero-order valence-electron chi connectivity index (χ0n) is 12.2. The molecule has 1 saturated carbocycles. The summed E-state index contributed by atoms with van der Waals surface area (Å²) in [6.45, 7) is 1.96. The zero-order valence-corrected chi connectivity index (χ0v) is 13.8. The Morgan fingerprint density at radius 1 is 1.29 bits per heavy atom. The number of benzene rings is 1. The molecule has 1 unspecified atom stereocenters. The van der Waals surface area contributed by atoms with Crippen molar-refractivity contribution < 1.29 is 4.79 Å². The number of rotatable bonds is 4. The molecule has 0 aromatic heterocycles. The highest BCUT2D eigenvalue weighted by Crippen LogP contribution is 2.37. The van der Waals surface area contributed by atoms with E-state index in [-0.39, 0.29) is 11.9 Å². The number of carbonyl (C=O) groups is 1. The normalized spacial score (nSPS) is 18.8. The number of nitrogens with two attached hydrogens (primary N) is 1. The van der Waals surface area contributed by atoms with E-state index in [0.717, 1.165) is 37.7 Å². The minimum absolute atomic E-state index is 0.0443. The number of thiocarbonyl (C=S) groups is 1. The highest BCUT2D eigenvalue weighted by Gasteiger charge is 2.42. The molecule has 0 bridgehead atoms. The molecule has 1 fully saturated rings. The summed E-state index contributed by atoms with van der Waals surface area (Å²) in [6.07, 6.45) is 4.65. The largest absolute Gasteiger partial charge is 0.392 e. The van der Waals surface area contributed by atoms with Crippen molar-refractivity contribution in [1.82, 2.24) is 5.32 Å². The Kier molecular flexibility index (Phi) is 5.22. The standard InChI is InChI=1S/C16H21ClN2OS/c1-11(12-5-7-13(17)8-6-12)19-15(20)16(14(18)21)9-3-2-4-10-16/h5-8,11H,2-4,9-10H2,1H3,(H2,18,21)(H,19,20). The van der Waals surface area contributed by atoms with Crippen LogP contribution in [0.3, 0.4) is 0 Å². The summed E-state index contributed by atoms with van der Waals surface area (Å²) in [5, 5.41) is 3.74. The molecule has 3 nitrogen and oxygen atoms in total. The maximum atomic E-state index is 12.7. The minimum Gasteiger partial charge on any atom is -0.392 e. The Morgan fingerprint density at radius 2 is 1.86 bits per heavy atom. The van der Waals surface area contributed by atoms with Gasteiger partial charge in [-0.1, -0.05) is 55.2 Å². The van der Waals surface area contributed by atoms with Gasteiger partial charge in [0, 0.05) is 5.02 Å². The molecule has 1 aromatic rings. The second-order valence-corrected chi connectivity index (χ2v) is 6.63. The van der Waals surface area contributed by atoms with Crippen LogP contribution in [-0.2, 0) is 4.79 Å². The lowest BCUT2D eigenvalue weighted by Gasteiger charge is -2.35. The van der Waals surface area contributed by atoms with E-state index in [2.05, 4.69) is 5.32 Å². The maximum Gasteiger partial charge on any atom is 0.233 e. The van der Waals surface area contributed by atoms with Crippen LogP contribution in [0, 0.1) is 5.41 Å². The summed E-state index contributed by atoms with van der Waals surface area (Å²) in [4.78, 5) is 13.0. The number of halogens is 1. The first-order chi connectivity index (χ1) is 9.95. The summed E-state index contributed by atoms with van der Waals surface area (Å²) in [5.74, 6) is -0.0443. The highest BCUT2D eigenvalue weighted by molar-refractivity contribution is 7.80. The summed E-state index contributed by atoms with van der Waals surface area (Å²) in [5.41, 5.74) is 6.23. The van der Waals surface area contributed by atoms with Gasteiger partial charge in [-0.25, -0.2) is 0 Å². The van der Waals surface area contributed by atoms with E-state index in [1.807, 2.05) is 31.2 Å². The van der Waals surface area contributed by atoms with Crippen LogP contribution in [0.5, 0.6) is 0 Å². The van der Waals surface area contributed by atoms with Crippen molar-refractivity contribution in [3.05, 3.63) is 34.9 Å². The monoisotopic (exact) mass is 324 g/mol. The van der Waals surface area contributed by atoms with Gasteiger partial charge in [0.2, 0.25) is 5.91 Å². The highest BCUT2D eigenvalue weighted by atomic mass is 35.5. The van der Waals surface area contributed by atoms with Crippen LogP contribution >= 0.6 is 23.8 Å². The predicted molar refractivity (Wildman–Crippen MR) is 90.3 cm³/mol. The molecule has 0 saturated heterocycles. The molecule has 21 heavy (non-hydrogen) atoms. The second-order valence-electron chi connectivity index (χ2n) is 5.75. The third-order valence-electron chi connectivity index (χ3n) is 4.33. The van der Waals surface area contributed by atoms with Crippen LogP contribution in [0.15, 0.2) is 24.3 Å². The lowest BCUT2D eigenvalue weighted by atomic mass is 9.73. The third kappa shape index (κ3) is 3.55. The lowest BCUT2D eigenvalue weighted by Crippen LogP contribution is -2.50. The first-order valence-electron chi connectivity index (χ1n) is 7.32. The third-order valence-corrected chi connectivity index (χ3v) is 4.97. The van der Waals surface area contributed by atoms with E-state index >= 15 is 0 Å². The molecule has 0 heterocycles. The number of hydrogen-bond acceptors (Lipinski definition) is 2. The molecule has 1 aliphatic carbocycles. The molecule has 3 N–H and O–H groups in total. The maximum absolute atomic E-state index is 12.7. The summed E-state index contributed by atoms with van der Waals surface area (Å²) >= 11 is 11.1. The van der Waals surface area contributed by atoms with Gasteiger partial charge in [0.1, 0.15) is 0 Å². The van der Waals surface area contributed by atoms with Crippen LogP contribution in [0.25, 0.3) is 0 Å². The van der Waals surface area contributed by atoms with Crippen molar-refractivity contribution in [1.29, 1.82) is 0 Å². The molecule has 0 aliphatic heterocycles. The van der Waals surface area contributed by atoms with Gasteiger partial charge in [0.25, 0.3) is 0 Å². The first-order valence-corrected chi connectivity index (χ1v) is 8.11. The van der Waals surface area contributed by atoms with Crippen LogP contribution < -0.4 is 11.1 Å². The second kappa shape index (κ2) is 6.75. The van der Waals surface area contributed by atoms with Crippen LogP contribution in [0.1, 0.15) is 50.6 Å². The van der Waals surface area contributed by atoms with E-state index < -0.39 is 5.41 Å². The van der Waals surface area contributed by atoms with Gasteiger partial charge < -0.3 is 11.1 Å². The lowest BCUT2D eigenvalue weighted by molar-refractivity contribution is -0.129. The topological polar surface area (TPSA) is 55.1 Å². The van der Waals surface area contributed by atoms with Gasteiger partial charge in [-0.3, -0.25) is 4.79 Å². The molecule has 1 aliphatic rings. The fourth-order valence-corrected chi connectivity index (χ4v) is 3.33. The predicted octanol–water partition coefficient (Wildman–Crippen LogP) is 3.75. The Hall–Kier alpha value is -1.13. The van der Waals surface area contributed by atoms with Gasteiger partial charge >= 0.3 is 0 Å². The van der Waals surface area contributed by atoms with Gasteiger partial charge in [-0.15, -0.1) is 0 Å². The SMILES string of the molecule is CC(NC(=O)C1(C(N)=S)CCCCC1)c1ccc(Cl)cc1. The number of carbonyl (C=O) groups excluding carboxylic acids is 1. The Labute approximate surface area is 136 Å². The Morgan fingerprint density at radius 3 is 2.38 bits per heavy atom. The summed E-state index contributed by atoms with van der Waals surface area (Å²) in [7, 11) is 0. The van der Waals surface area contributed by atoms with E-state index in [9.17, 15) is 4.79 Å². The van der Waals surface area contributed by atoms with Gasteiger partial charge in [0.15, 0.2) is 0 Å². The van der Waals surface area contributed by atoms with E-state index in [0.29, 0.717) is 10.0 Å². The molecular formula is C16H21ClN2OS. The fourth-order valence-electron chi connectivity index (χ4n) is 2.91. The van der Waals surface area contributed by atoms with Crippen LogP contribution in [0.2, 0.25) is 5.02 Å². The molecular weight excluding hydrogens is 304 g/mol. The van der Waals surface area contributed by atoms with E-state index in [1.54, 1.807) is 0 Å². The first kappa shape index (κ1) is 16.2. The summed E-state index contributed by atoms with van der Waals surface area (Å²) < 4.78 is 0. The van der Waals surface area contributed by atoms with Crippen molar-refractivity contribution in [3.8, 4) is 0 Å². The van der Waals surface area contributed by atoms with Gasteiger partial charge in [-0.05, 0) is 37.5 Å². The Balaban J connectivity index is 2.11. The van der Waals surface area contributed by atoms with E-state index in [4.69, 9.17) is 29.6 Å². The molecule has 114 valence electrons. The number of amides is 1. The quantitative estimate of drug-likeness (QED) is 0.829. The number of hydrogen-bond donors (Lipinski definition) is 2. The average molecular weight is 325 g/mol. The Bertz CT molecular complexity index is 524. The van der Waals surface area contributed by atoms with Gasteiger partial charge in [0.05, 0.1) is 16.4 Å². The van der Waals surface area contributed by atoms with Crippen LogP contribution in [0.4, 0.5) is 0 Å². The van der Waals surface area contributed by atoms with Crippen molar-refractivity contribution in [2.75, 3.05) is 0 Å². The van der Waals surface area contributed by atoms with Crippen LogP contribution in [-0.4, -0.2) is 10.9 Å². The van der Waals surface area contributed by atoms with Crippen molar-refractivity contribution in [2.45, 2.75) is 45.1 Å². The zero-order chi connectivity index (χ0) is 15.5. The molecule has 0 spiro atoms. The minimum atomic E-state index is -0.672. The molecule has 5 heteroatoms. The molecule has 1 aromatic carbocycles.